The summed E-state index contributed by atoms with van der Waals surface area (Å²) in [7, 11) is 1.61. The topological polar surface area (TPSA) is 42.2 Å². The van der Waals surface area contributed by atoms with Crippen LogP contribution < -0.4 is 9.47 Å². The molecule has 0 aliphatic rings. The maximum Gasteiger partial charge on any atom is 0.165 e. The highest BCUT2D eigenvalue weighted by atomic mass is 35.5. The van der Waals surface area contributed by atoms with Crippen LogP contribution in [0.3, 0.4) is 0 Å². The molecule has 1 aromatic rings. The van der Waals surface area contributed by atoms with E-state index in [2.05, 4.69) is 6.07 Å². The molecular formula is C15H20ClNO2. The average molecular weight is 282 g/mol. The Labute approximate surface area is 120 Å². The Balaban J connectivity index is 2.60. The normalized spacial score (nSPS) is 10.9. The lowest BCUT2D eigenvalue weighted by molar-refractivity contribution is 0.268. The van der Waals surface area contributed by atoms with Gasteiger partial charge < -0.3 is 9.47 Å². The fourth-order valence-electron chi connectivity index (χ4n) is 1.74. The van der Waals surface area contributed by atoms with Crippen LogP contribution in [0.5, 0.6) is 11.5 Å². The van der Waals surface area contributed by atoms with Crippen LogP contribution in [-0.4, -0.2) is 13.7 Å². The van der Waals surface area contributed by atoms with E-state index in [0.29, 0.717) is 24.0 Å². The minimum Gasteiger partial charge on any atom is -0.493 e. The second-order valence-corrected chi connectivity index (χ2v) is 5.30. The number of rotatable bonds is 7. The lowest BCUT2D eigenvalue weighted by atomic mass is 9.90. The minimum atomic E-state index is -0.306. The highest BCUT2D eigenvalue weighted by molar-refractivity contribution is 6.17. The summed E-state index contributed by atoms with van der Waals surface area (Å²) in [4.78, 5) is 0. The van der Waals surface area contributed by atoms with Gasteiger partial charge in [0, 0.05) is 5.56 Å². The molecule has 0 N–H and O–H groups in total. The zero-order valence-corrected chi connectivity index (χ0v) is 12.5. The van der Waals surface area contributed by atoms with Gasteiger partial charge in [0.25, 0.3) is 0 Å². The molecule has 0 heterocycles. The number of halogens is 1. The maximum absolute atomic E-state index is 8.95. The molecule has 0 aromatic heterocycles. The minimum absolute atomic E-state index is 0.306. The van der Waals surface area contributed by atoms with Crippen molar-refractivity contribution in [1.82, 2.24) is 0 Å². The molecule has 0 amide bonds. The summed E-state index contributed by atoms with van der Waals surface area (Å²) in [5.41, 5.74) is 0.611. The number of ether oxygens (including phenoxy) is 2. The molecule has 0 atom stereocenters. The first-order chi connectivity index (χ1) is 9.04. The van der Waals surface area contributed by atoms with Crippen LogP contribution >= 0.6 is 11.6 Å². The first-order valence-electron chi connectivity index (χ1n) is 6.30. The van der Waals surface area contributed by atoms with Crippen molar-refractivity contribution in [3.63, 3.8) is 0 Å². The molecule has 19 heavy (non-hydrogen) atoms. The number of methoxy groups -OCH3 is 1. The van der Waals surface area contributed by atoms with E-state index in [4.69, 9.17) is 26.3 Å². The van der Waals surface area contributed by atoms with E-state index >= 15 is 0 Å². The summed E-state index contributed by atoms with van der Waals surface area (Å²) < 4.78 is 11.0. The van der Waals surface area contributed by atoms with E-state index in [9.17, 15) is 0 Å². The zero-order valence-electron chi connectivity index (χ0n) is 11.7. The van der Waals surface area contributed by atoms with Crippen molar-refractivity contribution in [3.05, 3.63) is 23.8 Å². The predicted octanol–water partition coefficient (Wildman–Crippen LogP) is 4.14. The van der Waals surface area contributed by atoms with Crippen LogP contribution in [0.15, 0.2) is 18.2 Å². The molecule has 0 aliphatic heterocycles. The fourth-order valence-corrected chi connectivity index (χ4v) is 1.95. The van der Waals surface area contributed by atoms with E-state index in [-0.39, 0.29) is 5.41 Å². The van der Waals surface area contributed by atoms with Gasteiger partial charge in [0.1, 0.15) is 0 Å². The van der Waals surface area contributed by atoms with Crippen molar-refractivity contribution in [1.29, 1.82) is 5.26 Å². The third-order valence-corrected chi connectivity index (χ3v) is 3.21. The summed E-state index contributed by atoms with van der Waals surface area (Å²) >= 11 is 5.89. The van der Waals surface area contributed by atoms with Gasteiger partial charge >= 0.3 is 0 Å². The highest BCUT2D eigenvalue weighted by Gasteiger charge is 2.16. The molecule has 0 bridgehead atoms. The van der Waals surface area contributed by atoms with Crippen molar-refractivity contribution < 1.29 is 9.47 Å². The predicted molar refractivity (Wildman–Crippen MR) is 76.7 cm³/mol. The molecule has 104 valence electrons. The largest absolute Gasteiger partial charge is 0.493 e. The van der Waals surface area contributed by atoms with Crippen LogP contribution in [0.25, 0.3) is 0 Å². The Morgan fingerprint density at radius 1 is 1.37 bits per heavy atom. The Hall–Kier alpha value is -1.40. The molecule has 0 saturated heterocycles. The summed E-state index contributed by atoms with van der Waals surface area (Å²) in [6.45, 7) is 4.41. The Kier molecular flexibility index (Phi) is 5.98. The first-order valence-corrected chi connectivity index (χ1v) is 6.83. The molecule has 1 rings (SSSR count). The van der Waals surface area contributed by atoms with Crippen LogP contribution in [0.1, 0.15) is 32.3 Å². The Morgan fingerprint density at radius 3 is 2.68 bits per heavy atom. The van der Waals surface area contributed by atoms with E-state index in [1.54, 1.807) is 7.11 Å². The summed E-state index contributed by atoms with van der Waals surface area (Å²) in [6, 6.07) is 7.95. The van der Waals surface area contributed by atoms with Crippen LogP contribution in [0, 0.1) is 16.7 Å². The molecule has 4 heteroatoms. The molecule has 0 aliphatic carbocycles. The average Bonchev–Trinajstić information content (AvgIpc) is 2.43. The summed E-state index contributed by atoms with van der Waals surface area (Å²) in [5.74, 6) is 1.78. The van der Waals surface area contributed by atoms with Gasteiger partial charge in [0.2, 0.25) is 0 Å². The van der Waals surface area contributed by atoms with Crippen molar-refractivity contribution in [3.8, 4) is 17.6 Å². The lowest BCUT2D eigenvalue weighted by Crippen LogP contribution is -2.10. The van der Waals surface area contributed by atoms with E-state index in [0.717, 1.165) is 18.4 Å². The Bertz CT molecular complexity index is 430. The zero-order chi connectivity index (χ0) is 14.3. The van der Waals surface area contributed by atoms with Crippen molar-refractivity contribution in [2.24, 2.45) is 5.41 Å². The van der Waals surface area contributed by atoms with Gasteiger partial charge in [-0.05, 0) is 32.8 Å². The number of alkyl halides is 1. The molecule has 0 unspecified atom stereocenters. The molecule has 0 radical (unpaired) electrons. The lowest BCUT2D eigenvalue weighted by Gasteiger charge is -2.17. The molecule has 0 saturated carbocycles. The van der Waals surface area contributed by atoms with Gasteiger partial charge in [-0.1, -0.05) is 12.1 Å². The van der Waals surface area contributed by atoms with Crippen LogP contribution in [0.2, 0.25) is 0 Å². The molecule has 0 fully saturated rings. The smallest absolute Gasteiger partial charge is 0.165 e. The van der Waals surface area contributed by atoms with E-state index < -0.39 is 0 Å². The Morgan fingerprint density at radius 2 is 2.11 bits per heavy atom. The van der Waals surface area contributed by atoms with Gasteiger partial charge in [-0.2, -0.15) is 5.26 Å². The molecular weight excluding hydrogens is 262 g/mol. The van der Waals surface area contributed by atoms with Gasteiger partial charge in [0.05, 0.1) is 31.1 Å². The molecule has 0 spiro atoms. The van der Waals surface area contributed by atoms with Gasteiger partial charge in [0.15, 0.2) is 11.5 Å². The SMILES string of the molecule is COc1cccc(CCl)c1OCCCC(C)(C)C#N. The summed E-state index contributed by atoms with van der Waals surface area (Å²) in [6.07, 6.45) is 1.62. The van der Waals surface area contributed by atoms with Crippen molar-refractivity contribution in [2.45, 2.75) is 32.6 Å². The fraction of sp³-hybridized carbons (Fsp3) is 0.533. The van der Waals surface area contributed by atoms with Gasteiger partial charge in [-0.15, -0.1) is 11.6 Å². The standard InChI is InChI=1S/C15H20ClNO2/c1-15(2,11-17)8-5-9-19-14-12(10-16)6-4-7-13(14)18-3/h4,6-7H,5,8-10H2,1-3H3. The molecule has 3 nitrogen and oxygen atoms in total. The van der Waals surface area contributed by atoms with Crippen LogP contribution in [0.4, 0.5) is 0 Å². The second-order valence-electron chi connectivity index (χ2n) is 5.03. The number of hydrogen-bond donors (Lipinski definition) is 0. The maximum atomic E-state index is 8.95. The quantitative estimate of drug-likeness (QED) is 0.557. The number of nitrogens with zero attached hydrogens (tertiary/aromatic N) is 1. The van der Waals surface area contributed by atoms with E-state index in [1.165, 1.54) is 0 Å². The number of hydrogen-bond acceptors (Lipinski definition) is 3. The van der Waals surface area contributed by atoms with Crippen molar-refractivity contribution in [2.75, 3.05) is 13.7 Å². The van der Waals surface area contributed by atoms with Crippen molar-refractivity contribution >= 4 is 11.6 Å². The number of nitriles is 1. The first kappa shape index (κ1) is 15.7. The monoisotopic (exact) mass is 281 g/mol. The molecule has 1 aromatic carbocycles. The van der Waals surface area contributed by atoms with Crippen LogP contribution in [-0.2, 0) is 5.88 Å². The second kappa shape index (κ2) is 7.25. The number of benzene rings is 1. The van der Waals surface area contributed by atoms with Gasteiger partial charge in [-0.3, -0.25) is 0 Å². The number of para-hydroxylation sites is 1. The highest BCUT2D eigenvalue weighted by Crippen LogP contribution is 2.32. The van der Waals surface area contributed by atoms with Gasteiger partial charge in [-0.25, -0.2) is 0 Å². The third kappa shape index (κ3) is 4.65. The third-order valence-electron chi connectivity index (χ3n) is 2.92. The summed E-state index contributed by atoms with van der Waals surface area (Å²) in [5, 5.41) is 8.95. The van der Waals surface area contributed by atoms with E-state index in [1.807, 2.05) is 32.0 Å².